The van der Waals surface area contributed by atoms with Gasteiger partial charge in [0.25, 0.3) is 0 Å². The molecule has 0 spiro atoms. The van der Waals surface area contributed by atoms with Gasteiger partial charge in [0.1, 0.15) is 18.2 Å². The molecule has 0 saturated heterocycles. The lowest BCUT2D eigenvalue weighted by molar-refractivity contribution is -0.126. The Morgan fingerprint density at radius 3 is 2.39 bits per heavy atom. The smallest absolute Gasteiger partial charge is 0.226 e. The summed E-state index contributed by atoms with van der Waals surface area (Å²) in [6.07, 6.45) is 1.29. The van der Waals surface area contributed by atoms with Gasteiger partial charge in [-0.3, -0.25) is 4.79 Å². The summed E-state index contributed by atoms with van der Waals surface area (Å²) in [5, 5.41) is 3.07. The second-order valence-corrected chi connectivity index (χ2v) is 8.12. The zero-order valence-corrected chi connectivity index (χ0v) is 18.8. The molecule has 1 heterocycles. The molecule has 4 rings (SSSR count). The maximum absolute atomic E-state index is 13.5. The zero-order chi connectivity index (χ0) is 23.2. The fourth-order valence-electron chi connectivity index (χ4n) is 4.26. The second-order valence-electron chi connectivity index (χ2n) is 8.12. The van der Waals surface area contributed by atoms with Crippen LogP contribution in [0, 0.1) is 11.7 Å². The Bertz CT molecular complexity index is 1080. The van der Waals surface area contributed by atoms with Crippen molar-refractivity contribution >= 4 is 5.91 Å². The molecular formula is C27H28FNO4. The van der Waals surface area contributed by atoms with E-state index in [1.165, 1.54) is 12.1 Å². The van der Waals surface area contributed by atoms with Crippen LogP contribution in [-0.2, 0) is 11.2 Å². The maximum Gasteiger partial charge on any atom is 0.226 e. The molecule has 0 bridgehead atoms. The van der Waals surface area contributed by atoms with Crippen LogP contribution >= 0.6 is 0 Å². The highest BCUT2D eigenvalue weighted by molar-refractivity contribution is 5.79. The van der Waals surface area contributed by atoms with Crippen molar-refractivity contribution in [3.8, 4) is 17.2 Å². The van der Waals surface area contributed by atoms with Gasteiger partial charge in [-0.05, 0) is 59.9 Å². The van der Waals surface area contributed by atoms with Crippen molar-refractivity contribution in [1.82, 2.24) is 5.32 Å². The monoisotopic (exact) mass is 449 g/mol. The lowest BCUT2D eigenvalue weighted by atomic mass is 9.88. The minimum atomic E-state index is -0.269. The van der Waals surface area contributed by atoms with Crippen molar-refractivity contribution in [2.24, 2.45) is 5.92 Å². The highest BCUT2D eigenvalue weighted by Crippen LogP contribution is 2.36. The Morgan fingerprint density at radius 2 is 1.73 bits per heavy atom. The summed E-state index contributed by atoms with van der Waals surface area (Å²) in [7, 11) is 3.24. The van der Waals surface area contributed by atoms with E-state index in [-0.39, 0.29) is 23.6 Å². The first-order valence-electron chi connectivity index (χ1n) is 11.0. The fraction of sp³-hybridized carbons (Fsp3) is 0.296. The minimum absolute atomic E-state index is 0.0180. The fourth-order valence-corrected chi connectivity index (χ4v) is 4.26. The van der Waals surface area contributed by atoms with E-state index in [2.05, 4.69) is 5.32 Å². The van der Waals surface area contributed by atoms with Gasteiger partial charge in [0.05, 0.1) is 20.1 Å². The molecule has 1 aliphatic rings. The summed E-state index contributed by atoms with van der Waals surface area (Å²) in [4.78, 5) is 12.9. The van der Waals surface area contributed by atoms with Gasteiger partial charge in [0.2, 0.25) is 5.91 Å². The zero-order valence-electron chi connectivity index (χ0n) is 18.8. The van der Waals surface area contributed by atoms with Crippen LogP contribution < -0.4 is 19.5 Å². The van der Waals surface area contributed by atoms with Crippen molar-refractivity contribution in [2.75, 3.05) is 27.4 Å². The summed E-state index contributed by atoms with van der Waals surface area (Å²) >= 11 is 0. The molecular weight excluding hydrogens is 421 g/mol. The number of nitrogens with one attached hydrogen (secondary N) is 1. The average Bonchev–Trinajstić information content (AvgIpc) is 2.86. The quantitative estimate of drug-likeness (QED) is 0.540. The predicted octanol–water partition coefficient (Wildman–Crippen LogP) is 4.73. The minimum Gasteiger partial charge on any atom is -0.497 e. The third-order valence-electron chi connectivity index (χ3n) is 6.07. The third-order valence-corrected chi connectivity index (χ3v) is 6.07. The van der Waals surface area contributed by atoms with E-state index in [0.717, 1.165) is 28.2 Å². The van der Waals surface area contributed by atoms with Crippen LogP contribution in [0.2, 0.25) is 0 Å². The first-order valence-corrected chi connectivity index (χ1v) is 11.0. The molecule has 6 heteroatoms. The number of carbonyl (C=O) groups is 1. The Morgan fingerprint density at radius 1 is 1.03 bits per heavy atom. The summed E-state index contributed by atoms with van der Waals surface area (Å²) in [5.41, 5.74) is 3.06. The highest BCUT2D eigenvalue weighted by atomic mass is 19.1. The van der Waals surface area contributed by atoms with Crippen LogP contribution in [0.5, 0.6) is 17.2 Å². The van der Waals surface area contributed by atoms with Gasteiger partial charge < -0.3 is 19.5 Å². The van der Waals surface area contributed by atoms with Crippen molar-refractivity contribution in [3.05, 3.63) is 89.2 Å². The van der Waals surface area contributed by atoms with Crippen LogP contribution in [0.15, 0.2) is 66.7 Å². The van der Waals surface area contributed by atoms with Crippen LogP contribution in [-0.4, -0.2) is 33.3 Å². The van der Waals surface area contributed by atoms with E-state index >= 15 is 0 Å². The molecule has 1 aliphatic heterocycles. The Kier molecular flexibility index (Phi) is 7.13. The number of ether oxygens (including phenoxy) is 3. The van der Waals surface area contributed by atoms with Crippen molar-refractivity contribution < 1.29 is 23.4 Å². The van der Waals surface area contributed by atoms with E-state index < -0.39 is 0 Å². The molecule has 0 saturated carbocycles. The standard InChI is InChI=1S/C27H28FNO4/c1-31-23-12-8-19(9-13-23)24(18-6-10-22(28)11-7-18)14-15-29-27(30)21-16-20-4-3-5-25(32-2)26(20)33-17-21/h3-13,21,24H,14-17H2,1-2H3,(H,29,30). The number of carbonyl (C=O) groups excluding carboxylic acids is 1. The van der Waals surface area contributed by atoms with Gasteiger partial charge in [-0.2, -0.15) is 0 Å². The molecule has 3 aromatic rings. The number of methoxy groups -OCH3 is 2. The Hall–Kier alpha value is -3.54. The third kappa shape index (κ3) is 5.28. The normalized spacial score (nSPS) is 15.7. The number of hydrogen-bond donors (Lipinski definition) is 1. The lowest BCUT2D eigenvalue weighted by Crippen LogP contribution is -2.38. The predicted molar refractivity (Wildman–Crippen MR) is 125 cm³/mol. The molecule has 2 unspecified atom stereocenters. The van der Waals surface area contributed by atoms with Gasteiger partial charge in [-0.15, -0.1) is 0 Å². The van der Waals surface area contributed by atoms with Gasteiger partial charge in [-0.1, -0.05) is 36.4 Å². The Balaban J connectivity index is 1.41. The van der Waals surface area contributed by atoms with E-state index in [4.69, 9.17) is 14.2 Å². The Labute approximate surface area is 193 Å². The molecule has 1 amide bonds. The van der Waals surface area contributed by atoms with Crippen LogP contribution in [0.1, 0.15) is 29.0 Å². The summed E-state index contributed by atoms with van der Waals surface area (Å²) in [6.45, 7) is 0.813. The average molecular weight is 450 g/mol. The van der Waals surface area contributed by atoms with Gasteiger partial charge in [-0.25, -0.2) is 4.39 Å². The number of halogens is 1. The molecule has 2 atom stereocenters. The highest BCUT2D eigenvalue weighted by Gasteiger charge is 2.28. The molecule has 0 aromatic heterocycles. The molecule has 3 aromatic carbocycles. The molecule has 5 nitrogen and oxygen atoms in total. The molecule has 0 radical (unpaired) electrons. The number of para-hydroxylation sites is 1. The summed E-state index contributed by atoms with van der Waals surface area (Å²) in [6, 6.07) is 20.1. The van der Waals surface area contributed by atoms with Crippen LogP contribution in [0.3, 0.4) is 0 Å². The number of benzene rings is 3. The molecule has 33 heavy (non-hydrogen) atoms. The van der Waals surface area contributed by atoms with E-state index in [9.17, 15) is 9.18 Å². The lowest BCUT2D eigenvalue weighted by Gasteiger charge is -2.26. The summed E-state index contributed by atoms with van der Waals surface area (Å²) in [5.74, 6) is 1.65. The van der Waals surface area contributed by atoms with Gasteiger partial charge in [0, 0.05) is 12.5 Å². The van der Waals surface area contributed by atoms with Crippen molar-refractivity contribution in [1.29, 1.82) is 0 Å². The first-order chi connectivity index (χ1) is 16.1. The van der Waals surface area contributed by atoms with Gasteiger partial charge >= 0.3 is 0 Å². The second kappa shape index (κ2) is 10.4. The number of fused-ring (bicyclic) bond motifs is 1. The number of amides is 1. The first kappa shape index (κ1) is 22.6. The van der Waals surface area contributed by atoms with Crippen LogP contribution in [0.25, 0.3) is 0 Å². The maximum atomic E-state index is 13.5. The molecule has 1 N–H and O–H groups in total. The SMILES string of the molecule is COc1ccc(C(CCNC(=O)C2COc3c(cccc3OC)C2)c2ccc(F)cc2)cc1. The number of rotatable bonds is 8. The molecule has 172 valence electrons. The topological polar surface area (TPSA) is 56.8 Å². The van der Waals surface area contributed by atoms with Gasteiger partial charge in [0.15, 0.2) is 11.5 Å². The van der Waals surface area contributed by atoms with E-state index in [1.54, 1.807) is 26.4 Å². The van der Waals surface area contributed by atoms with E-state index in [0.29, 0.717) is 31.7 Å². The van der Waals surface area contributed by atoms with Crippen molar-refractivity contribution in [3.63, 3.8) is 0 Å². The van der Waals surface area contributed by atoms with Crippen molar-refractivity contribution in [2.45, 2.75) is 18.8 Å². The number of hydrogen-bond acceptors (Lipinski definition) is 4. The summed E-state index contributed by atoms with van der Waals surface area (Å²) < 4.78 is 29.9. The molecule has 0 fully saturated rings. The van der Waals surface area contributed by atoms with Crippen LogP contribution in [0.4, 0.5) is 4.39 Å². The largest absolute Gasteiger partial charge is 0.497 e. The molecule has 0 aliphatic carbocycles. The van der Waals surface area contributed by atoms with E-state index in [1.807, 2.05) is 42.5 Å².